The summed E-state index contributed by atoms with van der Waals surface area (Å²) < 4.78 is 0. The van der Waals surface area contributed by atoms with Crippen LogP contribution in [0.3, 0.4) is 0 Å². The first-order chi connectivity index (χ1) is 40.3. The number of rotatable bonds is 29. The van der Waals surface area contributed by atoms with E-state index in [4.69, 9.17) is 28.7 Å². The van der Waals surface area contributed by atoms with Crippen LogP contribution in [0.25, 0.3) is 0 Å². The molecule has 1 fully saturated rings. The lowest BCUT2D eigenvalue weighted by Gasteiger charge is -2.29. The Labute approximate surface area is 498 Å². The van der Waals surface area contributed by atoms with E-state index >= 15 is 0 Å². The highest BCUT2D eigenvalue weighted by molar-refractivity contribution is 5.99. The Balaban J connectivity index is 2.67. The van der Waals surface area contributed by atoms with E-state index in [0.717, 1.165) is 19.3 Å². The Kier molecular flexibility index (Phi) is 34.6. The molecule has 1 aliphatic heterocycles. The molecule has 1 aliphatic rings. The predicted octanol–water partition coefficient (Wildman–Crippen LogP) is -5.24. The molecule has 11 amide bonds. The molecule has 1 heterocycles. The highest BCUT2D eigenvalue weighted by Gasteiger charge is 2.37. The third kappa shape index (κ3) is 26.9. The van der Waals surface area contributed by atoms with Crippen LogP contribution in [0.5, 0.6) is 0 Å². The van der Waals surface area contributed by atoms with Crippen LogP contribution in [0.1, 0.15) is 124 Å². The minimum absolute atomic E-state index is 0.0173. The van der Waals surface area contributed by atoms with Crippen molar-refractivity contribution < 1.29 is 63.0 Å². The van der Waals surface area contributed by atoms with Gasteiger partial charge in [-0.1, -0.05) is 77.3 Å². The van der Waals surface area contributed by atoms with Gasteiger partial charge in [0.25, 0.3) is 0 Å². The summed E-state index contributed by atoms with van der Waals surface area (Å²) in [6.45, 7) is 9.00. The molecule has 29 nitrogen and oxygen atoms in total. The van der Waals surface area contributed by atoms with Crippen molar-refractivity contribution in [3.05, 3.63) is 35.9 Å². The number of hydrogen-bond donors (Lipinski definition) is 18. The minimum atomic E-state index is -1.70. The van der Waals surface area contributed by atoms with Crippen LogP contribution in [0, 0.1) is 11.8 Å². The van der Waals surface area contributed by atoms with E-state index in [-0.39, 0.29) is 90.0 Å². The Morgan fingerprint density at radius 3 is 1.56 bits per heavy atom. The molecule has 0 bridgehead atoms. The molecular weight excluding hydrogens is 1100 g/mol. The van der Waals surface area contributed by atoms with Crippen molar-refractivity contribution >= 4 is 65.0 Å². The Morgan fingerprint density at radius 1 is 0.565 bits per heavy atom. The average molecular weight is 1200 g/mol. The van der Waals surface area contributed by atoms with Gasteiger partial charge in [-0.3, -0.25) is 52.7 Å². The summed E-state index contributed by atoms with van der Waals surface area (Å²) in [4.78, 5) is 154. The van der Waals surface area contributed by atoms with Gasteiger partial charge >= 0.3 is 0 Å². The van der Waals surface area contributed by atoms with Crippen LogP contribution in [0.15, 0.2) is 30.3 Å². The van der Waals surface area contributed by atoms with Gasteiger partial charge < -0.3 is 97.4 Å². The second kappa shape index (κ2) is 39.7. The molecule has 2 rings (SSSR count). The van der Waals surface area contributed by atoms with Crippen molar-refractivity contribution in [2.75, 3.05) is 39.3 Å². The first kappa shape index (κ1) is 74.2. The molecule has 0 unspecified atom stereocenters. The van der Waals surface area contributed by atoms with Crippen molar-refractivity contribution in [1.82, 2.24) is 58.5 Å². The number of benzene rings is 1. The number of unbranched alkanes of at least 4 members (excludes halogenated alkanes) is 1. The zero-order chi connectivity index (χ0) is 63.8. The van der Waals surface area contributed by atoms with Crippen LogP contribution >= 0.6 is 0 Å². The minimum Gasteiger partial charge on any atom is -0.391 e. The summed E-state index contributed by atoms with van der Waals surface area (Å²) in [6.07, 6.45) is -1.05. The maximum Gasteiger partial charge on any atom is 0.245 e. The molecule has 0 aliphatic carbocycles. The molecule has 0 radical (unpaired) electrons. The van der Waals surface area contributed by atoms with Crippen molar-refractivity contribution in [2.24, 2.45) is 40.5 Å². The fraction of sp³-hybridized carbons (Fsp3) is 0.696. The number of nitrogens with two attached hydrogens (primary N) is 5. The first-order valence-electron chi connectivity index (χ1n) is 29.5. The van der Waals surface area contributed by atoms with E-state index in [9.17, 15) is 63.0 Å². The highest BCUT2D eigenvalue weighted by Crippen LogP contribution is 2.14. The molecule has 0 aromatic heterocycles. The maximum atomic E-state index is 14.5. The zero-order valence-corrected chi connectivity index (χ0v) is 50.2. The Morgan fingerprint density at radius 2 is 1.06 bits per heavy atom. The summed E-state index contributed by atoms with van der Waals surface area (Å²) in [5.74, 6) is -9.45. The van der Waals surface area contributed by atoms with Crippen molar-refractivity contribution in [3.8, 4) is 0 Å². The van der Waals surface area contributed by atoms with Gasteiger partial charge in [-0.15, -0.1) is 0 Å². The molecule has 23 N–H and O–H groups in total. The summed E-state index contributed by atoms with van der Waals surface area (Å²) in [5.41, 5.74) is 29.9. The first-order valence-corrected chi connectivity index (χ1v) is 29.5. The smallest absolute Gasteiger partial charge is 0.245 e. The van der Waals surface area contributed by atoms with Gasteiger partial charge in [-0.2, -0.15) is 0 Å². The third-order valence-corrected chi connectivity index (χ3v) is 14.3. The molecular formula is C56H98N16O13. The second-order valence-corrected chi connectivity index (χ2v) is 22.0. The largest absolute Gasteiger partial charge is 0.391 e. The van der Waals surface area contributed by atoms with Crippen LogP contribution in [-0.2, 0) is 59.2 Å². The van der Waals surface area contributed by atoms with E-state index < -0.39 is 151 Å². The summed E-state index contributed by atoms with van der Waals surface area (Å²) in [7, 11) is 0. The number of aliphatic hydroxyl groups excluding tert-OH is 2. The molecule has 13 atom stereocenters. The van der Waals surface area contributed by atoms with Gasteiger partial charge in [-0.05, 0) is 115 Å². The standard InChI is InChI=1S/C56H98N16O13/c1-7-32(4)13-11-12-16-44(75)63-36(17-23-57)51(80)72-46(34(6)74)56(85)68-39(20-26-60)48(77)67-41-22-28-62-55(84)45(33(5)73)71-52(81)40(21-27-61)65-47(76)37(18-24-58)66-53(82)42(29-31(2)3)69-54(83)43(30-35-14-9-8-10-15-35)70-49(78)38(19-25-59)64-50(41)79/h8-10,14-15,31-34,36-43,45-46,73-74H,7,11-13,16-30,57-61H2,1-6H3,(H,62,84)(H,63,75)(H,64,79)(H,65,76)(H,66,82)(H,67,77)(H,68,85)(H,69,83)(H,70,78)(H,71,81)(H,72,80)/t32-,33-,34-,36+,37+,38+,39+,40+,41+,42+,43-,45+,46+/m1/s1. The molecule has 0 spiro atoms. The number of hydrogen-bond acceptors (Lipinski definition) is 18. The van der Waals surface area contributed by atoms with Crippen LogP contribution in [-0.4, -0.2) is 187 Å². The molecule has 85 heavy (non-hydrogen) atoms. The lowest BCUT2D eigenvalue weighted by atomic mass is 10.00. The quantitative estimate of drug-likeness (QED) is 0.0333. The topological polar surface area (TPSA) is 491 Å². The lowest BCUT2D eigenvalue weighted by molar-refractivity contribution is -0.137. The van der Waals surface area contributed by atoms with Gasteiger partial charge in [0.2, 0.25) is 65.0 Å². The second-order valence-electron chi connectivity index (χ2n) is 22.0. The summed E-state index contributed by atoms with van der Waals surface area (Å²) in [6, 6.07) is -6.23. The van der Waals surface area contributed by atoms with Crippen molar-refractivity contribution in [2.45, 2.75) is 198 Å². The van der Waals surface area contributed by atoms with Gasteiger partial charge in [0.1, 0.15) is 60.4 Å². The molecule has 1 saturated heterocycles. The fourth-order valence-corrected chi connectivity index (χ4v) is 9.12. The average Bonchev–Trinajstić information content (AvgIpc) is 3.67. The maximum absolute atomic E-state index is 14.5. The normalized spacial score (nSPS) is 22.9. The van der Waals surface area contributed by atoms with Gasteiger partial charge in [0.15, 0.2) is 0 Å². The lowest BCUT2D eigenvalue weighted by Crippen LogP contribution is -2.62. The number of carbonyl (C=O) groups excluding carboxylic acids is 11. The Bertz CT molecular complexity index is 2320. The summed E-state index contributed by atoms with van der Waals surface area (Å²) >= 11 is 0. The van der Waals surface area contributed by atoms with E-state index in [1.54, 1.807) is 44.2 Å². The number of nitrogens with one attached hydrogen (secondary N) is 11. The molecule has 480 valence electrons. The van der Waals surface area contributed by atoms with E-state index in [0.29, 0.717) is 17.9 Å². The van der Waals surface area contributed by atoms with Gasteiger partial charge in [0.05, 0.1) is 12.2 Å². The molecule has 1 aromatic carbocycles. The van der Waals surface area contributed by atoms with Gasteiger partial charge in [0, 0.05) is 19.4 Å². The SMILES string of the molecule is CC[C@@H](C)CCCCC(=O)N[C@@H](CCN)C(=O)N[C@H](C(=O)N[C@@H](CCN)C(=O)N[C@H]1CCNC(=O)[C@H]([C@@H](C)O)NC(=O)[C@H](CCN)NC(=O)[C@H](CCN)NC(=O)[C@H](CC(C)C)NC(=O)[C@@H](Cc2ccccc2)NC(=O)[C@H](CCN)NC1=O)[C@@H](C)O. The number of carbonyl (C=O) groups is 11. The van der Waals surface area contributed by atoms with Crippen LogP contribution < -0.4 is 87.2 Å². The molecule has 29 heteroatoms. The predicted molar refractivity (Wildman–Crippen MR) is 316 cm³/mol. The van der Waals surface area contributed by atoms with Crippen molar-refractivity contribution in [3.63, 3.8) is 0 Å². The van der Waals surface area contributed by atoms with Crippen molar-refractivity contribution in [1.29, 1.82) is 0 Å². The van der Waals surface area contributed by atoms with E-state index in [1.165, 1.54) is 13.8 Å². The fourth-order valence-electron chi connectivity index (χ4n) is 9.12. The van der Waals surface area contributed by atoms with E-state index in [2.05, 4.69) is 72.3 Å². The Hall–Kier alpha value is -6.89. The zero-order valence-electron chi connectivity index (χ0n) is 50.2. The molecule has 0 saturated carbocycles. The van der Waals surface area contributed by atoms with Crippen LogP contribution in [0.4, 0.5) is 0 Å². The summed E-state index contributed by atoms with van der Waals surface area (Å²) in [5, 5.41) is 49.7. The highest BCUT2D eigenvalue weighted by atomic mass is 16.3. The monoisotopic (exact) mass is 1200 g/mol. The van der Waals surface area contributed by atoms with Gasteiger partial charge in [-0.25, -0.2) is 0 Å². The molecule has 1 aromatic rings. The third-order valence-electron chi connectivity index (χ3n) is 14.3. The van der Waals surface area contributed by atoms with E-state index in [1.807, 2.05) is 0 Å². The number of aliphatic hydroxyl groups is 2. The number of amides is 11. The van der Waals surface area contributed by atoms with Crippen LogP contribution in [0.2, 0.25) is 0 Å².